The van der Waals surface area contributed by atoms with Crippen LogP contribution >= 0.6 is 0 Å². The van der Waals surface area contributed by atoms with Crippen LogP contribution in [0.15, 0.2) is 94.7 Å². The summed E-state index contributed by atoms with van der Waals surface area (Å²) in [4.78, 5) is 21.0. The fourth-order valence-corrected chi connectivity index (χ4v) is 5.98. The van der Waals surface area contributed by atoms with E-state index in [0.717, 1.165) is 39.4 Å². The Morgan fingerprint density at radius 2 is 1.52 bits per heavy atom. The number of hydrogen-bond acceptors (Lipinski definition) is 2. The molecule has 0 atom stereocenters. The molecule has 0 amide bonds. The van der Waals surface area contributed by atoms with E-state index in [1.807, 2.05) is 60.7 Å². The van der Waals surface area contributed by atoms with Crippen molar-refractivity contribution >= 4 is 36.7 Å². The number of hydrogen-bond donors (Lipinski definition) is 1. The second-order valence-electron chi connectivity index (χ2n) is 6.90. The molecule has 5 heteroatoms. The molecular weight excluding hydrogens is 425 g/mol. The summed E-state index contributed by atoms with van der Waals surface area (Å²) in [6, 6.07) is 28.3. The molecule has 2 heterocycles. The SMILES string of the molecule is O=c1[nH]c2ccccc2n2c(=Nc3ccccc3)[se]c(CCc3ccccc3)c12. The summed E-state index contributed by atoms with van der Waals surface area (Å²) in [7, 11) is 0. The average Bonchev–Trinajstić information content (AvgIpc) is 3.13. The first-order valence-corrected chi connectivity index (χ1v) is 11.3. The number of aromatic nitrogens is 2. The molecule has 0 spiro atoms. The van der Waals surface area contributed by atoms with E-state index in [1.165, 1.54) is 10.0 Å². The average molecular weight is 444 g/mol. The molecule has 3 aromatic carbocycles. The van der Waals surface area contributed by atoms with Crippen LogP contribution in [-0.4, -0.2) is 23.9 Å². The molecule has 0 aliphatic rings. The van der Waals surface area contributed by atoms with Crippen LogP contribution in [0, 0.1) is 0 Å². The number of nitrogens with zero attached hydrogens (tertiary/aromatic N) is 2. The minimum absolute atomic E-state index is 0.00521. The van der Waals surface area contributed by atoms with Gasteiger partial charge in [0.05, 0.1) is 0 Å². The van der Waals surface area contributed by atoms with Crippen molar-refractivity contribution in [3.63, 3.8) is 0 Å². The fourth-order valence-electron chi connectivity index (χ4n) is 3.59. The normalized spacial score (nSPS) is 12.1. The third-order valence-electron chi connectivity index (χ3n) is 4.97. The van der Waals surface area contributed by atoms with E-state index in [2.05, 4.69) is 33.7 Å². The van der Waals surface area contributed by atoms with Gasteiger partial charge in [0.15, 0.2) is 0 Å². The summed E-state index contributed by atoms with van der Waals surface area (Å²) in [5.74, 6) is 0. The topological polar surface area (TPSA) is 49.6 Å². The van der Waals surface area contributed by atoms with E-state index in [4.69, 9.17) is 4.99 Å². The van der Waals surface area contributed by atoms with Crippen LogP contribution in [0.1, 0.15) is 10.0 Å². The van der Waals surface area contributed by atoms with E-state index in [9.17, 15) is 4.79 Å². The van der Waals surface area contributed by atoms with Gasteiger partial charge in [-0.1, -0.05) is 0 Å². The zero-order valence-electron chi connectivity index (χ0n) is 15.7. The first-order chi connectivity index (χ1) is 14.3. The molecule has 1 N–H and O–H groups in total. The quantitative estimate of drug-likeness (QED) is 0.421. The van der Waals surface area contributed by atoms with Crippen molar-refractivity contribution < 1.29 is 0 Å². The van der Waals surface area contributed by atoms with Crippen LogP contribution in [0.5, 0.6) is 0 Å². The molecule has 0 saturated carbocycles. The summed E-state index contributed by atoms with van der Waals surface area (Å²) in [6.45, 7) is 0. The monoisotopic (exact) mass is 445 g/mol. The van der Waals surface area contributed by atoms with Crippen molar-refractivity contribution in [3.05, 3.63) is 110 Å². The number of fused-ring (bicyclic) bond motifs is 3. The van der Waals surface area contributed by atoms with Crippen LogP contribution in [0.3, 0.4) is 0 Å². The van der Waals surface area contributed by atoms with Crippen molar-refractivity contribution in [1.82, 2.24) is 9.38 Å². The summed E-state index contributed by atoms with van der Waals surface area (Å²) in [5.41, 5.74) is 4.75. The number of H-pyrrole nitrogens is 1. The second kappa shape index (κ2) is 7.70. The van der Waals surface area contributed by atoms with Gasteiger partial charge in [-0.2, -0.15) is 0 Å². The standard InChI is InChI=1S/C24H19N3OSe/c28-23-22-21(16-15-17-9-3-1-4-10-17)29-24(25-18-11-5-2-6-12-18)27(22)20-14-8-7-13-19(20)26-23/h1-14H,15-16H2,(H,26,28). The first-order valence-electron chi connectivity index (χ1n) is 9.59. The van der Waals surface area contributed by atoms with E-state index >= 15 is 0 Å². The molecule has 2 aromatic heterocycles. The molecule has 0 fully saturated rings. The summed E-state index contributed by atoms with van der Waals surface area (Å²) in [6.07, 6.45) is 1.78. The molecule has 5 aromatic rings. The van der Waals surface area contributed by atoms with Crippen LogP contribution < -0.4 is 9.92 Å². The summed E-state index contributed by atoms with van der Waals surface area (Å²) >= 11 is -0.00521. The number of benzene rings is 3. The zero-order valence-corrected chi connectivity index (χ0v) is 17.4. The molecule has 0 radical (unpaired) electrons. The molecular formula is C24H19N3OSe. The number of nitrogens with one attached hydrogen (secondary N) is 1. The number of para-hydroxylation sites is 3. The Hall–Kier alpha value is -3.14. The van der Waals surface area contributed by atoms with Gasteiger partial charge in [0.2, 0.25) is 0 Å². The fraction of sp³-hybridized carbons (Fsp3) is 0.0833. The third kappa shape index (κ3) is 3.51. The van der Waals surface area contributed by atoms with Gasteiger partial charge in [-0.15, -0.1) is 0 Å². The molecule has 5 rings (SSSR count). The molecule has 0 saturated heterocycles. The van der Waals surface area contributed by atoms with Crippen LogP contribution in [0.4, 0.5) is 5.69 Å². The molecule has 4 nitrogen and oxygen atoms in total. The molecule has 142 valence electrons. The van der Waals surface area contributed by atoms with E-state index in [-0.39, 0.29) is 20.1 Å². The zero-order chi connectivity index (χ0) is 19.6. The Morgan fingerprint density at radius 3 is 2.31 bits per heavy atom. The van der Waals surface area contributed by atoms with Crippen LogP contribution in [0.2, 0.25) is 0 Å². The van der Waals surface area contributed by atoms with Crippen LogP contribution in [0.25, 0.3) is 16.6 Å². The molecule has 0 bridgehead atoms. The number of aryl methyl sites for hydroxylation is 2. The maximum absolute atomic E-state index is 13.0. The Balaban J connectivity index is 1.75. The minimum atomic E-state index is -0.0353. The molecule has 0 aliphatic heterocycles. The van der Waals surface area contributed by atoms with Crippen molar-refractivity contribution in [2.45, 2.75) is 12.8 Å². The number of rotatable bonds is 4. The Bertz CT molecular complexity index is 1410. The van der Waals surface area contributed by atoms with Crippen molar-refractivity contribution in [3.8, 4) is 0 Å². The van der Waals surface area contributed by atoms with E-state index in [1.54, 1.807) is 0 Å². The van der Waals surface area contributed by atoms with E-state index < -0.39 is 0 Å². The van der Waals surface area contributed by atoms with Crippen molar-refractivity contribution in [2.75, 3.05) is 0 Å². The maximum atomic E-state index is 13.0. The van der Waals surface area contributed by atoms with Crippen molar-refractivity contribution in [2.24, 2.45) is 4.99 Å². The second-order valence-corrected chi connectivity index (χ2v) is 9.12. The van der Waals surface area contributed by atoms with Gasteiger partial charge in [-0.3, -0.25) is 0 Å². The van der Waals surface area contributed by atoms with E-state index in [0.29, 0.717) is 0 Å². The Morgan fingerprint density at radius 1 is 0.828 bits per heavy atom. The van der Waals surface area contributed by atoms with Gasteiger partial charge in [0.1, 0.15) is 0 Å². The summed E-state index contributed by atoms with van der Waals surface area (Å²) in [5, 5.41) is 0. The van der Waals surface area contributed by atoms with Crippen LogP contribution in [-0.2, 0) is 12.8 Å². The van der Waals surface area contributed by atoms with Gasteiger partial charge in [-0.05, 0) is 0 Å². The third-order valence-corrected chi connectivity index (χ3v) is 7.27. The predicted octanol–water partition coefficient (Wildman–Crippen LogP) is 3.86. The van der Waals surface area contributed by atoms with Gasteiger partial charge in [-0.25, -0.2) is 0 Å². The molecule has 0 aliphatic carbocycles. The van der Waals surface area contributed by atoms with Gasteiger partial charge >= 0.3 is 174 Å². The number of aromatic amines is 1. The Labute approximate surface area is 173 Å². The molecule has 29 heavy (non-hydrogen) atoms. The Kier molecular flexibility index (Phi) is 4.76. The molecule has 0 unspecified atom stereocenters. The van der Waals surface area contributed by atoms with Gasteiger partial charge in [0, 0.05) is 0 Å². The predicted molar refractivity (Wildman–Crippen MR) is 118 cm³/mol. The van der Waals surface area contributed by atoms with Gasteiger partial charge < -0.3 is 0 Å². The first kappa shape index (κ1) is 17.9. The van der Waals surface area contributed by atoms with Crippen molar-refractivity contribution in [1.29, 1.82) is 0 Å². The summed E-state index contributed by atoms with van der Waals surface area (Å²) < 4.78 is 4.23. The van der Waals surface area contributed by atoms with Gasteiger partial charge in [0.25, 0.3) is 0 Å².